The summed E-state index contributed by atoms with van der Waals surface area (Å²) in [5.41, 5.74) is 0. The van der Waals surface area contributed by atoms with E-state index < -0.39 is 0 Å². The summed E-state index contributed by atoms with van der Waals surface area (Å²) in [7, 11) is 0. The third-order valence-corrected chi connectivity index (χ3v) is 2.38. The highest BCUT2D eigenvalue weighted by Gasteiger charge is 2.19. The van der Waals surface area contributed by atoms with E-state index in [1.54, 1.807) is 13.8 Å². The first-order chi connectivity index (χ1) is 5.59. The van der Waals surface area contributed by atoms with Gasteiger partial charge in [0.2, 0.25) is 0 Å². The molecule has 0 saturated heterocycles. The summed E-state index contributed by atoms with van der Waals surface area (Å²) in [5, 5.41) is 18.6. The standard InChI is InChI=1S/C10H22O2/c1-4-5-6-7-10(8(2)11)9(3)12/h8-12H,4-7H2,1-3H3. The highest BCUT2D eigenvalue weighted by Crippen LogP contribution is 2.17. The van der Waals surface area contributed by atoms with Crippen molar-refractivity contribution in [3.05, 3.63) is 0 Å². The van der Waals surface area contributed by atoms with Crippen LogP contribution in [0.3, 0.4) is 0 Å². The van der Waals surface area contributed by atoms with Gasteiger partial charge in [-0.25, -0.2) is 0 Å². The second kappa shape index (κ2) is 6.44. The Hall–Kier alpha value is -0.0800. The van der Waals surface area contributed by atoms with Crippen molar-refractivity contribution in [2.45, 2.75) is 58.7 Å². The summed E-state index contributed by atoms with van der Waals surface area (Å²) in [4.78, 5) is 0. The van der Waals surface area contributed by atoms with E-state index in [0.29, 0.717) is 0 Å². The minimum atomic E-state index is -0.387. The van der Waals surface area contributed by atoms with E-state index in [0.717, 1.165) is 12.8 Å². The van der Waals surface area contributed by atoms with Crippen LogP contribution in [0.25, 0.3) is 0 Å². The molecule has 12 heavy (non-hydrogen) atoms. The molecular weight excluding hydrogens is 152 g/mol. The summed E-state index contributed by atoms with van der Waals surface area (Å²) in [6.07, 6.45) is 3.64. The predicted molar refractivity (Wildman–Crippen MR) is 51.0 cm³/mol. The maximum absolute atomic E-state index is 9.32. The molecule has 74 valence electrons. The average molecular weight is 174 g/mol. The van der Waals surface area contributed by atoms with E-state index in [1.807, 2.05) is 0 Å². The number of aliphatic hydroxyl groups is 2. The summed E-state index contributed by atoms with van der Waals surface area (Å²) in [6.45, 7) is 5.66. The van der Waals surface area contributed by atoms with Gasteiger partial charge >= 0.3 is 0 Å². The summed E-state index contributed by atoms with van der Waals surface area (Å²) in [5.74, 6) is 0.0524. The van der Waals surface area contributed by atoms with Crippen molar-refractivity contribution in [1.29, 1.82) is 0 Å². The van der Waals surface area contributed by atoms with Crippen molar-refractivity contribution in [2.24, 2.45) is 5.92 Å². The van der Waals surface area contributed by atoms with Gasteiger partial charge in [-0.1, -0.05) is 26.2 Å². The van der Waals surface area contributed by atoms with Crippen LogP contribution in [0.2, 0.25) is 0 Å². The Morgan fingerprint density at radius 2 is 1.50 bits per heavy atom. The molecule has 0 aromatic heterocycles. The molecular formula is C10H22O2. The summed E-state index contributed by atoms with van der Waals surface area (Å²) in [6, 6.07) is 0. The lowest BCUT2D eigenvalue weighted by molar-refractivity contribution is 0.0259. The molecule has 0 amide bonds. The molecule has 0 aromatic rings. The molecule has 0 aliphatic carbocycles. The monoisotopic (exact) mass is 174 g/mol. The quantitative estimate of drug-likeness (QED) is 0.604. The molecule has 0 spiro atoms. The highest BCUT2D eigenvalue weighted by molar-refractivity contribution is 4.69. The Morgan fingerprint density at radius 3 is 1.83 bits per heavy atom. The van der Waals surface area contributed by atoms with Gasteiger partial charge in [-0.2, -0.15) is 0 Å². The Bertz CT molecular complexity index is 92.0. The predicted octanol–water partition coefficient (Wildman–Crippen LogP) is 1.94. The van der Waals surface area contributed by atoms with Crippen molar-refractivity contribution in [3.8, 4) is 0 Å². The molecule has 0 bridgehead atoms. The summed E-state index contributed by atoms with van der Waals surface area (Å²) < 4.78 is 0. The molecule has 0 fully saturated rings. The molecule has 0 saturated carbocycles. The summed E-state index contributed by atoms with van der Waals surface area (Å²) >= 11 is 0. The van der Waals surface area contributed by atoms with Gasteiger partial charge in [0.25, 0.3) is 0 Å². The zero-order valence-electron chi connectivity index (χ0n) is 8.45. The van der Waals surface area contributed by atoms with Crippen LogP contribution < -0.4 is 0 Å². The SMILES string of the molecule is CCCCCC(C(C)O)C(C)O. The molecule has 2 nitrogen and oxygen atoms in total. The maximum Gasteiger partial charge on any atom is 0.0564 e. The number of hydrogen-bond acceptors (Lipinski definition) is 2. The molecule has 0 rings (SSSR count). The second-order valence-corrected chi connectivity index (χ2v) is 3.64. The van der Waals surface area contributed by atoms with Crippen LogP contribution in [-0.4, -0.2) is 22.4 Å². The van der Waals surface area contributed by atoms with Crippen molar-refractivity contribution >= 4 is 0 Å². The van der Waals surface area contributed by atoms with E-state index in [2.05, 4.69) is 6.92 Å². The average Bonchev–Trinajstić information content (AvgIpc) is 1.96. The molecule has 0 aliphatic heterocycles. The van der Waals surface area contributed by atoms with Crippen LogP contribution in [-0.2, 0) is 0 Å². The van der Waals surface area contributed by atoms with Crippen LogP contribution in [0.5, 0.6) is 0 Å². The first-order valence-corrected chi connectivity index (χ1v) is 4.95. The Kier molecular flexibility index (Phi) is 6.39. The fraction of sp³-hybridized carbons (Fsp3) is 1.00. The van der Waals surface area contributed by atoms with Crippen LogP contribution in [0.15, 0.2) is 0 Å². The fourth-order valence-corrected chi connectivity index (χ4v) is 1.52. The first-order valence-electron chi connectivity index (χ1n) is 4.95. The lowest BCUT2D eigenvalue weighted by Crippen LogP contribution is -2.27. The Labute approximate surface area is 75.6 Å². The van der Waals surface area contributed by atoms with E-state index in [1.165, 1.54) is 12.8 Å². The smallest absolute Gasteiger partial charge is 0.0564 e. The number of rotatable bonds is 6. The zero-order valence-corrected chi connectivity index (χ0v) is 8.45. The zero-order chi connectivity index (χ0) is 9.56. The van der Waals surface area contributed by atoms with Crippen molar-refractivity contribution in [2.75, 3.05) is 0 Å². The maximum atomic E-state index is 9.32. The van der Waals surface area contributed by atoms with Crippen LogP contribution in [0, 0.1) is 5.92 Å². The molecule has 2 unspecified atom stereocenters. The van der Waals surface area contributed by atoms with Gasteiger partial charge in [-0.05, 0) is 20.3 Å². The third-order valence-electron chi connectivity index (χ3n) is 2.38. The Balaban J connectivity index is 3.64. The van der Waals surface area contributed by atoms with E-state index >= 15 is 0 Å². The second-order valence-electron chi connectivity index (χ2n) is 3.64. The van der Waals surface area contributed by atoms with Gasteiger partial charge < -0.3 is 10.2 Å². The molecule has 2 heteroatoms. The molecule has 2 N–H and O–H groups in total. The van der Waals surface area contributed by atoms with Crippen molar-refractivity contribution < 1.29 is 10.2 Å². The lowest BCUT2D eigenvalue weighted by atomic mass is 9.92. The van der Waals surface area contributed by atoms with Crippen LogP contribution in [0.4, 0.5) is 0 Å². The number of hydrogen-bond donors (Lipinski definition) is 2. The number of unbranched alkanes of at least 4 members (excludes halogenated alkanes) is 2. The highest BCUT2D eigenvalue weighted by atomic mass is 16.3. The van der Waals surface area contributed by atoms with Gasteiger partial charge in [0.15, 0.2) is 0 Å². The van der Waals surface area contributed by atoms with Crippen molar-refractivity contribution in [3.63, 3.8) is 0 Å². The van der Waals surface area contributed by atoms with Gasteiger partial charge in [0.1, 0.15) is 0 Å². The van der Waals surface area contributed by atoms with Gasteiger partial charge in [-0.15, -0.1) is 0 Å². The lowest BCUT2D eigenvalue weighted by Gasteiger charge is -2.22. The van der Waals surface area contributed by atoms with Gasteiger partial charge in [0.05, 0.1) is 12.2 Å². The van der Waals surface area contributed by atoms with Crippen LogP contribution in [0.1, 0.15) is 46.5 Å². The van der Waals surface area contributed by atoms with Crippen molar-refractivity contribution in [1.82, 2.24) is 0 Å². The largest absolute Gasteiger partial charge is 0.393 e. The van der Waals surface area contributed by atoms with E-state index in [9.17, 15) is 10.2 Å². The molecule has 0 aliphatic rings. The fourth-order valence-electron chi connectivity index (χ4n) is 1.52. The normalized spacial score (nSPS) is 18.8. The first kappa shape index (κ1) is 11.9. The number of aliphatic hydroxyl groups excluding tert-OH is 2. The molecule has 0 heterocycles. The molecule has 0 radical (unpaired) electrons. The van der Waals surface area contributed by atoms with Crippen LogP contribution >= 0.6 is 0 Å². The minimum Gasteiger partial charge on any atom is -0.393 e. The Morgan fingerprint density at radius 1 is 1.00 bits per heavy atom. The van der Waals surface area contributed by atoms with E-state index in [4.69, 9.17) is 0 Å². The third kappa shape index (κ3) is 4.73. The minimum absolute atomic E-state index is 0.0524. The molecule has 0 aromatic carbocycles. The topological polar surface area (TPSA) is 40.5 Å². The van der Waals surface area contributed by atoms with Gasteiger partial charge in [0, 0.05) is 5.92 Å². The molecule has 2 atom stereocenters. The van der Waals surface area contributed by atoms with E-state index in [-0.39, 0.29) is 18.1 Å². The van der Waals surface area contributed by atoms with Gasteiger partial charge in [-0.3, -0.25) is 0 Å².